The van der Waals surface area contributed by atoms with Crippen LogP contribution in [0.15, 0.2) is 12.3 Å². The van der Waals surface area contributed by atoms with Gasteiger partial charge in [-0.05, 0) is 26.8 Å². The second-order valence-electron chi connectivity index (χ2n) is 5.16. The van der Waals surface area contributed by atoms with E-state index in [1.54, 1.807) is 20.8 Å². The van der Waals surface area contributed by atoms with Crippen molar-refractivity contribution in [3.05, 3.63) is 23.0 Å². The number of nitrogens with zero attached hydrogens (tertiary/aromatic N) is 2. The number of carbonyl (C=O) groups excluding carboxylic acids is 2. The van der Waals surface area contributed by atoms with Gasteiger partial charge in [-0.2, -0.15) is 0 Å². The summed E-state index contributed by atoms with van der Waals surface area (Å²) in [5.74, 6) is -0.479. The fourth-order valence-electron chi connectivity index (χ4n) is 1.37. The molecule has 0 saturated carbocycles. The lowest BCUT2D eigenvalue weighted by Gasteiger charge is -2.21. The van der Waals surface area contributed by atoms with Gasteiger partial charge in [-0.3, -0.25) is 14.9 Å². The Bertz CT molecular complexity index is 543. The molecule has 1 N–H and O–H groups in total. The van der Waals surface area contributed by atoms with Crippen LogP contribution in [-0.4, -0.2) is 41.8 Å². The summed E-state index contributed by atoms with van der Waals surface area (Å²) in [6.07, 6.45) is 0.587. The summed E-state index contributed by atoms with van der Waals surface area (Å²) in [4.78, 5) is 32.6. The van der Waals surface area contributed by atoms with Crippen LogP contribution in [0, 0.1) is 0 Å². The Morgan fingerprint density at radius 2 is 2.00 bits per heavy atom. The van der Waals surface area contributed by atoms with Crippen LogP contribution >= 0.6 is 11.6 Å². The van der Waals surface area contributed by atoms with Gasteiger partial charge in [-0.1, -0.05) is 11.6 Å². The number of amides is 2. The summed E-state index contributed by atoms with van der Waals surface area (Å²) >= 11 is 5.79. The van der Waals surface area contributed by atoms with E-state index in [-0.39, 0.29) is 16.4 Å². The topological polar surface area (TPSA) is 80.8 Å². The van der Waals surface area contributed by atoms with E-state index >= 15 is 0 Å². The SMILES string of the molecule is CON(C)C(=O)c1cc(Cl)ncc1NC(=O)OC(C)(C)C. The predicted octanol–water partition coefficient (Wildman–Crippen LogP) is 2.72. The molecular weight excluding hydrogens is 298 g/mol. The molecule has 2 amide bonds. The van der Waals surface area contributed by atoms with Gasteiger partial charge in [-0.15, -0.1) is 0 Å². The molecule has 0 fully saturated rings. The second kappa shape index (κ2) is 6.73. The predicted molar refractivity (Wildman–Crippen MR) is 78.2 cm³/mol. The monoisotopic (exact) mass is 315 g/mol. The van der Waals surface area contributed by atoms with Crippen LogP contribution in [0.1, 0.15) is 31.1 Å². The molecule has 0 radical (unpaired) electrons. The third-order valence-corrected chi connectivity index (χ3v) is 2.50. The smallest absolute Gasteiger partial charge is 0.412 e. The highest BCUT2D eigenvalue weighted by molar-refractivity contribution is 6.30. The summed E-state index contributed by atoms with van der Waals surface area (Å²) in [7, 11) is 2.79. The first kappa shape index (κ1) is 17.2. The number of halogens is 1. The molecule has 1 heterocycles. The summed E-state index contributed by atoms with van der Waals surface area (Å²) < 4.78 is 5.13. The molecule has 1 aromatic heterocycles. The van der Waals surface area contributed by atoms with Gasteiger partial charge in [0.05, 0.1) is 24.6 Å². The number of hydrogen-bond acceptors (Lipinski definition) is 5. The zero-order chi connectivity index (χ0) is 16.2. The number of anilines is 1. The van der Waals surface area contributed by atoms with Crippen molar-refractivity contribution in [1.29, 1.82) is 0 Å². The van der Waals surface area contributed by atoms with Crippen LogP contribution in [0.25, 0.3) is 0 Å². The Morgan fingerprint density at radius 3 is 2.52 bits per heavy atom. The molecule has 0 aromatic carbocycles. The molecule has 0 spiro atoms. The minimum Gasteiger partial charge on any atom is -0.444 e. The van der Waals surface area contributed by atoms with E-state index in [9.17, 15) is 9.59 Å². The number of hydroxylamine groups is 2. The molecule has 0 saturated heterocycles. The van der Waals surface area contributed by atoms with Crippen LogP contribution in [0.5, 0.6) is 0 Å². The van der Waals surface area contributed by atoms with Crippen LogP contribution < -0.4 is 5.32 Å². The number of ether oxygens (including phenoxy) is 1. The van der Waals surface area contributed by atoms with Crippen LogP contribution in [0.4, 0.5) is 10.5 Å². The van der Waals surface area contributed by atoms with Crippen LogP contribution in [-0.2, 0) is 9.57 Å². The third-order valence-electron chi connectivity index (χ3n) is 2.30. The summed E-state index contributed by atoms with van der Waals surface area (Å²) in [5, 5.41) is 3.60. The molecule has 1 aromatic rings. The number of nitrogens with one attached hydrogen (secondary N) is 1. The van der Waals surface area contributed by atoms with Crippen molar-refractivity contribution in [3.63, 3.8) is 0 Å². The van der Waals surface area contributed by atoms with E-state index in [1.807, 2.05) is 0 Å². The van der Waals surface area contributed by atoms with E-state index in [0.29, 0.717) is 0 Å². The molecule has 7 nitrogen and oxygen atoms in total. The van der Waals surface area contributed by atoms with E-state index in [1.165, 1.54) is 26.4 Å². The number of hydrogen-bond donors (Lipinski definition) is 1. The molecule has 1 rings (SSSR count). The van der Waals surface area contributed by atoms with Gasteiger partial charge in [0.1, 0.15) is 10.8 Å². The average molecular weight is 316 g/mol. The van der Waals surface area contributed by atoms with Gasteiger partial charge in [0.25, 0.3) is 5.91 Å². The summed E-state index contributed by atoms with van der Waals surface area (Å²) in [6, 6.07) is 1.34. The highest BCUT2D eigenvalue weighted by Crippen LogP contribution is 2.21. The fourth-order valence-corrected chi connectivity index (χ4v) is 1.53. The maximum atomic E-state index is 12.1. The van der Waals surface area contributed by atoms with Gasteiger partial charge in [0, 0.05) is 7.05 Å². The third kappa shape index (κ3) is 5.20. The van der Waals surface area contributed by atoms with Gasteiger partial charge < -0.3 is 4.74 Å². The molecule has 0 aliphatic carbocycles. The minimum absolute atomic E-state index is 0.123. The lowest BCUT2D eigenvalue weighted by atomic mass is 10.2. The van der Waals surface area contributed by atoms with E-state index in [4.69, 9.17) is 21.2 Å². The van der Waals surface area contributed by atoms with Crippen molar-refractivity contribution in [2.24, 2.45) is 0 Å². The molecule has 0 aliphatic rings. The lowest BCUT2D eigenvalue weighted by Crippen LogP contribution is -2.30. The summed E-state index contributed by atoms with van der Waals surface area (Å²) in [6.45, 7) is 5.20. The first-order valence-electron chi connectivity index (χ1n) is 6.11. The molecule has 0 atom stereocenters. The normalized spacial score (nSPS) is 11.0. The molecule has 116 valence electrons. The quantitative estimate of drug-likeness (QED) is 0.685. The standard InChI is InChI=1S/C13H18ClN3O4/c1-13(2,3)21-12(19)16-9-7-15-10(14)6-8(9)11(18)17(4)20-5/h6-7H,1-5H3,(H,16,19). The minimum atomic E-state index is -0.694. The lowest BCUT2D eigenvalue weighted by molar-refractivity contribution is -0.0756. The highest BCUT2D eigenvalue weighted by Gasteiger charge is 2.21. The Labute approximate surface area is 128 Å². The largest absolute Gasteiger partial charge is 0.444 e. The zero-order valence-corrected chi connectivity index (χ0v) is 13.3. The molecule has 8 heteroatoms. The van der Waals surface area contributed by atoms with Gasteiger partial charge >= 0.3 is 6.09 Å². The Kier molecular flexibility index (Phi) is 5.51. The Balaban J connectivity index is 3.02. The highest BCUT2D eigenvalue weighted by atomic mass is 35.5. The molecule has 0 aliphatic heterocycles. The van der Waals surface area contributed by atoms with Gasteiger partial charge in [0.2, 0.25) is 0 Å². The van der Waals surface area contributed by atoms with Crippen molar-refractivity contribution in [2.75, 3.05) is 19.5 Å². The van der Waals surface area contributed by atoms with Crippen LogP contribution in [0.3, 0.4) is 0 Å². The van der Waals surface area contributed by atoms with Crippen molar-refractivity contribution in [2.45, 2.75) is 26.4 Å². The molecular formula is C13H18ClN3O4. The van der Waals surface area contributed by atoms with Crippen molar-refractivity contribution in [1.82, 2.24) is 10.0 Å². The van der Waals surface area contributed by atoms with Crippen molar-refractivity contribution in [3.8, 4) is 0 Å². The van der Waals surface area contributed by atoms with Gasteiger partial charge in [-0.25, -0.2) is 14.8 Å². The van der Waals surface area contributed by atoms with Gasteiger partial charge in [0.15, 0.2) is 0 Å². The first-order chi connectivity index (χ1) is 9.64. The Hall–Kier alpha value is -1.86. The van der Waals surface area contributed by atoms with Crippen molar-refractivity contribution < 1.29 is 19.2 Å². The van der Waals surface area contributed by atoms with E-state index < -0.39 is 17.6 Å². The average Bonchev–Trinajstić information content (AvgIpc) is 2.36. The van der Waals surface area contributed by atoms with Crippen molar-refractivity contribution >= 4 is 29.3 Å². The number of rotatable bonds is 3. The fraction of sp³-hybridized carbons (Fsp3) is 0.462. The number of aromatic nitrogens is 1. The Morgan fingerprint density at radius 1 is 1.38 bits per heavy atom. The molecule has 0 bridgehead atoms. The first-order valence-corrected chi connectivity index (χ1v) is 6.49. The number of pyridine rings is 1. The maximum Gasteiger partial charge on any atom is 0.412 e. The van der Waals surface area contributed by atoms with Crippen LogP contribution in [0.2, 0.25) is 5.15 Å². The maximum absolute atomic E-state index is 12.1. The van der Waals surface area contributed by atoms with E-state index in [0.717, 1.165) is 5.06 Å². The second-order valence-corrected chi connectivity index (χ2v) is 5.55. The molecule has 21 heavy (non-hydrogen) atoms. The number of carbonyl (C=O) groups is 2. The summed E-state index contributed by atoms with van der Waals surface area (Å²) in [5.41, 5.74) is -0.329. The van der Waals surface area contributed by atoms with E-state index in [2.05, 4.69) is 10.3 Å². The zero-order valence-electron chi connectivity index (χ0n) is 12.6. The molecule has 0 unspecified atom stereocenters.